The third-order valence-electron chi connectivity index (χ3n) is 4.70. The number of hydrogen-bond acceptors (Lipinski definition) is 3. The maximum atomic E-state index is 13.2. The maximum Gasteiger partial charge on any atom is 0.254 e. The number of carbonyl (C=O) groups excluding carboxylic acids is 1. The molecular formula is C19H21N5O. The van der Waals surface area contributed by atoms with E-state index in [0.29, 0.717) is 5.56 Å². The lowest BCUT2D eigenvalue weighted by Crippen LogP contribution is -2.38. The van der Waals surface area contributed by atoms with Crippen molar-refractivity contribution < 1.29 is 4.79 Å². The largest absolute Gasteiger partial charge is 0.330 e. The van der Waals surface area contributed by atoms with Crippen molar-refractivity contribution in [3.8, 4) is 5.69 Å². The molecule has 1 fully saturated rings. The number of aromatic nitrogens is 4. The van der Waals surface area contributed by atoms with E-state index in [9.17, 15) is 4.79 Å². The highest BCUT2D eigenvalue weighted by atomic mass is 16.2. The van der Waals surface area contributed by atoms with E-state index >= 15 is 0 Å². The third-order valence-corrected chi connectivity index (χ3v) is 4.70. The fraction of sp³-hybridized carbons (Fsp3) is 0.316. The Morgan fingerprint density at radius 1 is 1.16 bits per heavy atom. The Bertz CT molecular complexity index is 868. The van der Waals surface area contributed by atoms with E-state index in [0.717, 1.165) is 37.2 Å². The van der Waals surface area contributed by atoms with Crippen LogP contribution in [0.3, 0.4) is 0 Å². The Morgan fingerprint density at radius 2 is 2.08 bits per heavy atom. The van der Waals surface area contributed by atoms with Crippen molar-refractivity contribution in [2.24, 2.45) is 7.05 Å². The zero-order valence-electron chi connectivity index (χ0n) is 14.2. The summed E-state index contributed by atoms with van der Waals surface area (Å²) >= 11 is 0. The average molecular weight is 335 g/mol. The van der Waals surface area contributed by atoms with Crippen LogP contribution in [0.5, 0.6) is 0 Å². The molecule has 1 aliphatic heterocycles. The number of benzene rings is 1. The van der Waals surface area contributed by atoms with Gasteiger partial charge in [0.25, 0.3) is 5.91 Å². The predicted octanol–water partition coefficient (Wildman–Crippen LogP) is 2.97. The van der Waals surface area contributed by atoms with Gasteiger partial charge in [-0.1, -0.05) is 6.07 Å². The second-order valence-electron chi connectivity index (χ2n) is 6.43. The van der Waals surface area contributed by atoms with Gasteiger partial charge in [-0.3, -0.25) is 9.48 Å². The van der Waals surface area contributed by atoms with E-state index < -0.39 is 0 Å². The molecule has 0 radical (unpaired) electrons. The van der Waals surface area contributed by atoms with E-state index in [1.54, 1.807) is 15.6 Å². The lowest BCUT2D eigenvalue weighted by atomic mass is 9.98. The molecule has 0 unspecified atom stereocenters. The Labute approximate surface area is 146 Å². The second kappa shape index (κ2) is 6.55. The van der Waals surface area contributed by atoms with Gasteiger partial charge < -0.3 is 4.90 Å². The van der Waals surface area contributed by atoms with Crippen molar-refractivity contribution in [1.82, 2.24) is 24.5 Å². The van der Waals surface area contributed by atoms with Crippen LogP contribution >= 0.6 is 0 Å². The lowest BCUT2D eigenvalue weighted by Gasteiger charge is -2.35. The van der Waals surface area contributed by atoms with Crippen molar-refractivity contribution in [2.45, 2.75) is 25.3 Å². The highest BCUT2D eigenvalue weighted by Gasteiger charge is 2.30. The van der Waals surface area contributed by atoms with E-state index in [2.05, 4.69) is 10.2 Å². The van der Waals surface area contributed by atoms with Crippen LogP contribution in [0.1, 0.15) is 41.4 Å². The quantitative estimate of drug-likeness (QED) is 0.739. The van der Waals surface area contributed by atoms with E-state index in [1.165, 1.54) is 0 Å². The molecule has 6 heteroatoms. The minimum Gasteiger partial charge on any atom is -0.330 e. The molecular weight excluding hydrogens is 314 g/mol. The molecule has 1 aliphatic rings. The first-order chi connectivity index (χ1) is 12.2. The topological polar surface area (TPSA) is 56.0 Å². The van der Waals surface area contributed by atoms with E-state index in [1.807, 2.05) is 60.7 Å². The maximum absolute atomic E-state index is 13.2. The van der Waals surface area contributed by atoms with E-state index in [4.69, 9.17) is 0 Å². The number of amides is 1. The number of likely N-dealkylation sites (tertiary alicyclic amines) is 1. The summed E-state index contributed by atoms with van der Waals surface area (Å²) in [6.07, 6.45) is 8.66. The summed E-state index contributed by atoms with van der Waals surface area (Å²) in [6, 6.07) is 11.6. The van der Waals surface area contributed by atoms with Gasteiger partial charge in [0.2, 0.25) is 0 Å². The van der Waals surface area contributed by atoms with Gasteiger partial charge in [0, 0.05) is 37.7 Å². The van der Waals surface area contributed by atoms with Crippen molar-refractivity contribution in [2.75, 3.05) is 6.54 Å². The van der Waals surface area contributed by atoms with Crippen molar-refractivity contribution in [1.29, 1.82) is 0 Å². The summed E-state index contributed by atoms with van der Waals surface area (Å²) in [6.45, 7) is 0.770. The number of aryl methyl sites for hydroxylation is 1. The molecule has 128 valence electrons. The first kappa shape index (κ1) is 15.6. The van der Waals surface area contributed by atoms with Crippen molar-refractivity contribution in [3.05, 3.63) is 66.2 Å². The van der Waals surface area contributed by atoms with Crippen LogP contribution in [0.25, 0.3) is 5.69 Å². The monoisotopic (exact) mass is 335 g/mol. The number of nitrogens with zero attached hydrogens (tertiary/aromatic N) is 5. The number of rotatable bonds is 3. The standard InChI is InChI=1S/C19H21N5O/c1-22-13-9-17(21-22)18-8-2-3-11-23(18)19(25)15-6-4-7-16(14-15)24-12-5-10-20-24/h4-7,9-10,12-14,18H,2-3,8,11H2,1H3/t18-/m1/s1. The zero-order valence-corrected chi connectivity index (χ0v) is 14.2. The summed E-state index contributed by atoms with van der Waals surface area (Å²) in [5.41, 5.74) is 2.55. The van der Waals surface area contributed by atoms with Crippen LogP contribution in [0, 0.1) is 0 Å². The molecule has 0 saturated carbocycles. The Kier molecular flexibility index (Phi) is 4.09. The van der Waals surface area contributed by atoms with Gasteiger partial charge in [-0.25, -0.2) is 4.68 Å². The van der Waals surface area contributed by atoms with Gasteiger partial charge in [0.05, 0.1) is 17.4 Å². The van der Waals surface area contributed by atoms with Crippen LogP contribution in [0.15, 0.2) is 55.0 Å². The van der Waals surface area contributed by atoms with Gasteiger partial charge in [-0.05, 0) is 49.6 Å². The Hall–Kier alpha value is -2.89. The number of piperidine rings is 1. The smallest absolute Gasteiger partial charge is 0.254 e. The first-order valence-electron chi connectivity index (χ1n) is 8.63. The molecule has 2 aromatic heterocycles. The molecule has 1 aromatic carbocycles. The zero-order chi connectivity index (χ0) is 17.2. The van der Waals surface area contributed by atoms with Gasteiger partial charge in [0.1, 0.15) is 0 Å². The van der Waals surface area contributed by atoms with Crippen LogP contribution in [-0.4, -0.2) is 36.9 Å². The Balaban J connectivity index is 1.63. The van der Waals surface area contributed by atoms with Crippen LogP contribution in [-0.2, 0) is 7.05 Å². The number of hydrogen-bond donors (Lipinski definition) is 0. The van der Waals surface area contributed by atoms with Gasteiger partial charge >= 0.3 is 0 Å². The fourth-order valence-corrected chi connectivity index (χ4v) is 3.46. The van der Waals surface area contributed by atoms with Crippen LogP contribution < -0.4 is 0 Å². The normalized spacial score (nSPS) is 17.6. The molecule has 3 aromatic rings. The molecule has 1 amide bonds. The van der Waals surface area contributed by atoms with Crippen LogP contribution in [0.2, 0.25) is 0 Å². The highest BCUT2D eigenvalue weighted by molar-refractivity contribution is 5.95. The highest BCUT2D eigenvalue weighted by Crippen LogP contribution is 2.31. The molecule has 25 heavy (non-hydrogen) atoms. The molecule has 0 N–H and O–H groups in total. The second-order valence-corrected chi connectivity index (χ2v) is 6.43. The first-order valence-corrected chi connectivity index (χ1v) is 8.63. The average Bonchev–Trinajstić information content (AvgIpc) is 3.33. The summed E-state index contributed by atoms with van der Waals surface area (Å²) in [5.74, 6) is 0.0596. The molecule has 3 heterocycles. The third kappa shape index (κ3) is 3.07. The van der Waals surface area contributed by atoms with Gasteiger partial charge in [-0.15, -0.1) is 0 Å². The Morgan fingerprint density at radius 3 is 2.84 bits per heavy atom. The summed E-state index contributed by atoms with van der Waals surface area (Å²) in [4.78, 5) is 15.1. The minimum atomic E-state index is 0.0517. The van der Waals surface area contributed by atoms with Crippen LogP contribution in [0.4, 0.5) is 0 Å². The van der Waals surface area contributed by atoms with E-state index in [-0.39, 0.29) is 11.9 Å². The molecule has 6 nitrogen and oxygen atoms in total. The summed E-state index contributed by atoms with van der Waals surface area (Å²) in [7, 11) is 1.91. The molecule has 0 spiro atoms. The summed E-state index contributed by atoms with van der Waals surface area (Å²) < 4.78 is 3.56. The SMILES string of the molecule is Cn1ccc([C@H]2CCCCN2C(=O)c2cccc(-n3cccn3)c2)n1. The van der Waals surface area contributed by atoms with Crippen molar-refractivity contribution >= 4 is 5.91 Å². The van der Waals surface area contributed by atoms with Crippen molar-refractivity contribution in [3.63, 3.8) is 0 Å². The predicted molar refractivity (Wildman–Crippen MR) is 94.4 cm³/mol. The molecule has 1 atom stereocenters. The van der Waals surface area contributed by atoms with Gasteiger partial charge in [0.15, 0.2) is 0 Å². The molecule has 0 aliphatic carbocycles. The molecule has 4 rings (SSSR count). The minimum absolute atomic E-state index is 0.0517. The number of carbonyl (C=O) groups is 1. The van der Waals surface area contributed by atoms with Gasteiger partial charge in [-0.2, -0.15) is 10.2 Å². The molecule has 0 bridgehead atoms. The lowest BCUT2D eigenvalue weighted by molar-refractivity contribution is 0.0605. The fourth-order valence-electron chi connectivity index (χ4n) is 3.46. The summed E-state index contributed by atoms with van der Waals surface area (Å²) in [5, 5.41) is 8.77. The molecule has 1 saturated heterocycles.